The quantitative estimate of drug-likeness (QED) is 0.861. The predicted molar refractivity (Wildman–Crippen MR) is 63.5 cm³/mol. The van der Waals surface area contributed by atoms with Gasteiger partial charge in [0.2, 0.25) is 0 Å². The maximum absolute atomic E-state index is 11.6. The van der Waals surface area contributed by atoms with Gasteiger partial charge in [0, 0.05) is 12.6 Å². The van der Waals surface area contributed by atoms with Crippen LogP contribution in [-0.4, -0.2) is 22.5 Å². The molecule has 0 unspecified atom stereocenters. The highest BCUT2D eigenvalue weighted by Gasteiger charge is 2.17. The first-order valence-corrected chi connectivity index (χ1v) is 5.62. The molecule has 1 amide bonds. The van der Waals surface area contributed by atoms with Crippen LogP contribution in [-0.2, 0) is 0 Å². The Labute approximate surface area is 97.5 Å². The first-order valence-electron chi connectivity index (χ1n) is 4.84. The Morgan fingerprint density at radius 1 is 1.38 bits per heavy atom. The summed E-state index contributed by atoms with van der Waals surface area (Å²) in [5.41, 5.74) is 2.69. The van der Waals surface area contributed by atoms with E-state index in [-0.39, 0.29) is 5.91 Å². The van der Waals surface area contributed by atoms with Crippen molar-refractivity contribution in [1.29, 1.82) is 0 Å². The van der Waals surface area contributed by atoms with Gasteiger partial charge in [0.25, 0.3) is 5.91 Å². The van der Waals surface area contributed by atoms with Gasteiger partial charge in [0.1, 0.15) is 10.6 Å². The highest BCUT2D eigenvalue weighted by atomic mass is 32.1. The highest BCUT2D eigenvalue weighted by Crippen LogP contribution is 2.26. The summed E-state index contributed by atoms with van der Waals surface area (Å²) in [6.07, 6.45) is 0. The van der Waals surface area contributed by atoms with E-state index in [1.165, 1.54) is 0 Å². The van der Waals surface area contributed by atoms with E-state index in [1.54, 1.807) is 7.05 Å². The summed E-state index contributed by atoms with van der Waals surface area (Å²) in [7, 11) is 1.60. The minimum absolute atomic E-state index is 0.145. The molecule has 0 fully saturated rings. The summed E-state index contributed by atoms with van der Waals surface area (Å²) in [4.78, 5) is 12.2. The number of benzene rings is 1. The molecule has 0 saturated heterocycles. The average Bonchev–Trinajstić information content (AvgIpc) is 2.77. The number of hydrogen-bond donors (Lipinski definition) is 1. The highest BCUT2D eigenvalue weighted by molar-refractivity contribution is 7.08. The zero-order valence-corrected chi connectivity index (χ0v) is 9.84. The second-order valence-corrected chi connectivity index (χ2v) is 4.10. The molecule has 0 atom stereocenters. The molecule has 16 heavy (non-hydrogen) atoms. The summed E-state index contributed by atoms with van der Waals surface area (Å²) >= 11 is 1.11. The van der Waals surface area contributed by atoms with Gasteiger partial charge >= 0.3 is 0 Å². The molecule has 2 rings (SSSR count). The summed E-state index contributed by atoms with van der Waals surface area (Å²) in [6.45, 7) is 1.99. The van der Waals surface area contributed by atoms with Crippen LogP contribution in [0, 0.1) is 6.92 Å². The van der Waals surface area contributed by atoms with E-state index in [1.807, 2.05) is 31.2 Å². The van der Waals surface area contributed by atoms with E-state index in [2.05, 4.69) is 14.9 Å². The Balaban J connectivity index is 2.53. The largest absolute Gasteiger partial charge is 0.354 e. The molecular weight excluding hydrogens is 222 g/mol. The molecule has 0 bridgehead atoms. The summed E-state index contributed by atoms with van der Waals surface area (Å²) < 4.78 is 3.84. The Bertz CT molecular complexity index is 521. The van der Waals surface area contributed by atoms with Crippen molar-refractivity contribution in [2.45, 2.75) is 6.92 Å². The molecule has 0 radical (unpaired) electrons. The van der Waals surface area contributed by atoms with Crippen molar-refractivity contribution in [2.24, 2.45) is 0 Å². The number of nitrogens with one attached hydrogen (secondary N) is 1. The molecule has 4 nitrogen and oxygen atoms in total. The van der Waals surface area contributed by atoms with Crippen LogP contribution in [0.15, 0.2) is 24.3 Å². The van der Waals surface area contributed by atoms with Crippen molar-refractivity contribution < 1.29 is 4.79 Å². The molecular formula is C11H11N3OS. The van der Waals surface area contributed by atoms with Gasteiger partial charge in [-0.1, -0.05) is 28.8 Å². The van der Waals surface area contributed by atoms with Gasteiger partial charge in [-0.2, -0.15) is 0 Å². The van der Waals surface area contributed by atoms with Crippen LogP contribution < -0.4 is 5.32 Å². The number of nitrogens with zero attached hydrogens (tertiary/aromatic N) is 2. The molecule has 0 aliphatic carbocycles. The van der Waals surface area contributed by atoms with Crippen LogP contribution >= 0.6 is 11.5 Å². The normalized spacial score (nSPS) is 10.1. The zero-order chi connectivity index (χ0) is 11.5. The van der Waals surface area contributed by atoms with Gasteiger partial charge in [-0.15, -0.1) is 5.10 Å². The van der Waals surface area contributed by atoms with Gasteiger partial charge < -0.3 is 5.32 Å². The Kier molecular flexibility index (Phi) is 2.96. The van der Waals surface area contributed by atoms with E-state index < -0.39 is 0 Å². The van der Waals surface area contributed by atoms with Crippen molar-refractivity contribution in [2.75, 3.05) is 7.05 Å². The third-order valence-electron chi connectivity index (χ3n) is 2.32. The Morgan fingerprint density at radius 3 is 2.81 bits per heavy atom. The fourth-order valence-corrected chi connectivity index (χ4v) is 2.09. The monoisotopic (exact) mass is 233 g/mol. The lowest BCUT2D eigenvalue weighted by molar-refractivity contribution is 0.0967. The number of rotatable bonds is 2. The van der Waals surface area contributed by atoms with Crippen LogP contribution in [0.3, 0.4) is 0 Å². The maximum Gasteiger partial charge on any atom is 0.265 e. The van der Waals surface area contributed by atoms with Crippen molar-refractivity contribution in [3.05, 3.63) is 34.7 Å². The van der Waals surface area contributed by atoms with Crippen LogP contribution in [0.4, 0.5) is 0 Å². The molecule has 2 aromatic rings. The molecule has 82 valence electrons. The number of hydrogen-bond acceptors (Lipinski definition) is 4. The van der Waals surface area contributed by atoms with Gasteiger partial charge in [-0.05, 0) is 24.0 Å². The third-order valence-corrected chi connectivity index (χ3v) is 3.05. The number of carbonyl (C=O) groups is 1. The minimum Gasteiger partial charge on any atom is -0.354 e. The first kappa shape index (κ1) is 10.8. The van der Waals surface area contributed by atoms with E-state index in [4.69, 9.17) is 0 Å². The van der Waals surface area contributed by atoms with E-state index >= 15 is 0 Å². The minimum atomic E-state index is -0.145. The maximum atomic E-state index is 11.6. The Morgan fingerprint density at radius 2 is 2.12 bits per heavy atom. The zero-order valence-electron chi connectivity index (χ0n) is 9.02. The third kappa shape index (κ3) is 1.81. The molecule has 0 aliphatic rings. The van der Waals surface area contributed by atoms with Crippen LogP contribution in [0.5, 0.6) is 0 Å². The molecule has 5 heteroatoms. The van der Waals surface area contributed by atoms with Gasteiger partial charge in [-0.3, -0.25) is 4.79 Å². The van der Waals surface area contributed by atoms with Gasteiger partial charge in [0.05, 0.1) is 0 Å². The van der Waals surface area contributed by atoms with Gasteiger partial charge in [0.15, 0.2) is 0 Å². The smallest absolute Gasteiger partial charge is 0.265 e. The van der Waals surface area contributed by atoms with E-state index in [0.717, 1.165) is 22.7 Å². The summed E-state index contributed by atoms with van der Waals surface area (Å²) in [6, 6.07) is 7.81. The number of amides is 1. The van der Waals surface area contributed by atoms with Crippen molar-refractivity contribution in [1.82, 2.24) is 14.9 Å². The predicted octanol–water partition coefficient (Wildman–Crippen LogP) is 1.87. The van der Waals surface area contributed by atoms with Crippen molar-refractivity contribution in [3.63, 3.8) is 0 Å². The lowest BCUT2D eigenvalue weighted by Crippen LogP contribution is -2.17. The van der Waals surface area contributed by atoms with E-state index in [0.29, 0.717) is 10.6 Å². The topological polar surface area (TPSA) is 54.9 Å². The van der Waals surface area contributed by atoms with Crippen LogP contribution in [0.25, 0.3) is 11.3 Å². The molecule has 0 spiro atoms. The second-order valence-electron chi connectivity index (χ2n) is 3.34. The molecule has 0 saturated carbocycles. The van der Waals surface area contributed by atoms with Crippen molar-refractivity contribution in [3.8, 4) is 11.3 Å². The lowest BCUT2D eigenvalue weighted by Gasteiger charge is -2.03. The number of aryl methyl sites for hydroxylation is 1. The van der Waals surface area contributed by atoms with E-state index in [9.17, 15) is 4.79 Å². The van der Waals surface area contributed by atoms with Gasteiger partial charge in [-0.25, -0.2) is 0 Å². The molecule has 1 aromatic heterocycles. The lowest BCUT2D eigenvalue weighted by atomic mass is 10.1. The molecule has 1 N–H and O–H groups in total. The van der Waals surface area contributed by atoms with Crippen molar-refractivity contribution >= 4 is 17.4 Å². The Hall–Kier alpha value is -1.75. The summed E-state index contributed by atoms with van der Waals surface area (Å²) in [5, 5.41) is 6.61. The molecule has 1 aromatic carbocycles. The SMILES string of the molecule is CNC(=O)c1snnc1-c1ccccc1C. The number of carbonyl (C=O) groups excluding carboxylic acids is 1. The molecule has 0 aliphatic heterocycles. The second kappa shape index (κ2) is 4.40. The fraction of sp³-hybridized carbons (Fsp3) is 0.182. The fourth-order valence-electron chi connectivity index (χ4n) is 1.47. The first-order chi connectivity index (χ1) is 7.74. The molecule has 1 heterocycles. The summed E-state index contributed by atoms with van der Waals surface area (Å²) in [5.74, 6) is -0.145. The van der Waals surface area contributed by atoms with Crippen LogP contribution in [0.1, 0.15) is 15.2 Å². The number of aromatic nitrogens is 2. The average molecular weight is 233 g/mol. The standard InChI is InChI=1S/C11H11N3OS/c1-7-5-3-4-6-8(7)9-10(11(15)12-2)16-14-13-9/h3-6H,1-2H3,(H,12,15). The van der Waals surface area contributed by atoms with Crippen LogP contribution in [0.2, 0.25) is 0 Å².